The molecule has 1 N–H and O–H groups in total. The van der Waals surface area contributed by atoms with Gasteiger partial charge in [-0.2, -0.15) is 0 Å². The lowest BCUT2D eigenvalue weighted by molar-refractivity contribution is -0.131. The number of aliphatic carboxylic acids is 1. The number of halogens is 3. The third kappa shape index (κ3) is 4.00. The average Bonchev–Trinajstić information content (AvgIpc) is 2.40. The Morgan fingerprint density at radius 2 is 1.90 bits per heavy atom. The molecule has 0 bridgehead atoms. The smallest absolute Gasteiger partial charge is 0.328 e. The molecule has 0 aliphatic rings. The number of pyridine rings is 1. The molecule has 0 saturated carbocycles. The van der Waals surface area contributed by atoms with E-state index in [1.165, 1.54) is 18.5 Å². The first kappa shape index (κ1) is 14.9. The Kier molecular flexibility index (Phi) is 4.49. The number of rotatable bonds is 4. The molecule has 0 amide bonds. The summed E-state index contributed by atoms with van der Waals surface area (Å²) in [5, 5.41) is 8.73. The van der Waals surface area contributed by atoms with E-state index in [1.54, 1.807) is 0 Å². The maximum atomic E-state index is 13.8. The summed E-state index contributed by atoms with van der Waals surface area (Å²) < 4.78 is 32.7. The maximum absolute atomic E-state index is 13.8. The van der Waals surface area contributed by atoms with Crippen molar-refractivity contribution in [1.82, 2.24) is 4.98 Å². The number of hydrogen-bond donors (Lipinski definition) is 1. The normalized spacial score (nSPS) is 10.8. The number of carboxylic acids is 1. The van der Waals surface area contributed by atoms with Gasteiger partial charge in [-0.25, -0.2) is 13.6 Å². The zero-order valence-electron chi connectivity index (χ0n) is 10.4. The highest BCUT2D eigenvalue weighted by Crippen LogP contribution is 2.29. The van der Waals surface area contributed by atoms with E-state index in [1.807, 2.05) is 0 Å². The van der Waals surface area contributed by atoms with Gasteiger partial charge in [0.05, 0.1) is 11.2 Å². The molecule has 0 aliphatic heterocycles. The second-order valence-corrected chi connectivity index (χ2v) is 4.36. The largest absolute Gasteiger partial charge is 0.478 e. The van der Waals surface area contributed by atoms with Crippen molar-refractivity contribution in [3.8, 4) is 11.5 Å². The number of nitrogens with zero attached hydrogens (tertiary/aromatic N) is 1. The summed E-state index contributed by atoms with van der Waals surface area (Å²) in [5.74, 6) is -3.71. The molecule has 4 nitrogen and oxygen atoms in total. The molecule has 21 heavy (non-hydrogen) atoms. The maximum Gasteiger partial charge on any atom is 0.328 e. The molecule has 0 spiro atoms. The summed E-state index contributed by atoms with van der Waals surface area (Å²) >= 11 is 5.69. The lowest BCUT2D eigenvalue weighted by atomic mass is 10.2. The zero-order valence-corrected chi connectivity index (χ0v) is 11.1. The van der Waals surface area contributed by atoms with Crippen LogP contribution in [-0.2, 0) is 4.79 Å². The highest BCUT2D eigenvalue weighted by molar-refractivity contribution is 6.30. The van der Waals surface area contributed by atoms with Crippen LogP contribution in [0.5, 0.6) is 11.5 Å². The standard InChI is InChI=1S/C14H8ClF2NO3/c15-9-5-10(7-18-6-9)21-14-11(16)3-8(4-12(14)17)1-2-13(19)20/h1-7H,(H,19,20). The van der Waals surface area contributed by atoms with E-state index in [4.69, 9.17) is 21.4 Å². The Morgan fingerprint density at radius 3 is 2.48 bits per heavy atom. The van der Waals surface area contributed by atoms with Gasteiger partial charge in [0.15, 0.2) is 17.4 Å². The Bertz CT molecular complexity index is 696. The number of carboxylic acid groups (broad SMARTS) is 1. The van der Waals surface area contributed by atoms with Crippen molar-refractivity contribution in [1.29, 1.82) is 0 Å². The Labute approximate surface area is 123 Å². The van der Waals surface area contributed by atoms with E-state index in [2.05, 4.69) is 4.98 Å². The van der Waals surface area contributed by atoms with Crippen LogP contribution in [0.3, 0.4) is 0 Å². The van der Waals surface area contributed by atoms with Gasteiger partial charge in [0, 0.05) is 18.3 Å². The highest BCUT2D eigenvalue weighted by Gasteiger charge is 2.13. The van der Waals surface area contributed by atoms with E-state index in [0.29, 0.717) is 0 Å². The van der Waals surface area contributed by atoms with Gasteiger partial charge in [0.2, 0.25) is 0 Å². The number of hydrogen-bond acceptors (Lipinski definition) is 3. The summed E-state index contributed by atoms with van der Waals surface area (Å²) in [7, 11) is 0. The molecule has 1 aromatic carbocycles. The topological polar surface area (TPSA) is 59.4 Å². The fourth-order valence-corrected chi connectivity index (χ4v) is 1.67. The van der Waals surface area contributed by atoms with Crippen LogP contribution in [0.25, 0.3) is 6.08 Å². The van der Waals surface area contributed by atoms with Crippen LogP contribution >= 0.6 is 11.6 Å². The molecule has 1 aromatic heterocycles. The van der Waals surface area contributed by atoms with Crippen LogP contribution in [-0.4, -0.2) is 16.1 Å². The molecular formula is C14H8ClF2NO3. The SMILES string of the molecule is O=C(O)C=Cc1cc(F)c(Oc2cncc(Cl)c2)c(F)c1. The fourth-order valence-electron chi connectivity index (χ4n) is 1.51. The lowest BCUT2D eigenvalue weighted by Gasteiger charge is -2.08. The van der Waals surface area contributed by atoms with E-state index in [9.17, 15) is 13.6 Å². The van der Waals surface area contributed by atoms with Crippen molar-refractivity contribution in [2.45, 2.75) is 0 Å². The molecule has 0 radical (unpaired) electrons. The molecule has 0 fully saturated rings. The van der Waals surface area contributed by atoms with Crippen molar-refractivity contribution in [3.05, 3.63) is 58.9 Å². The first-order valence-electron chi connectivity index (χ1n) is 5.64. The molecule has 0 unspecified atom stereocenters. The van der Waals surface area contributed by atoms with Crippen molar-refractivity contribution < 1.29 is 23.4 Å². The van der Waals surface area contributed by atoms with Crippen molar-refractivity contribution in [2.75, 3.05) is 0 Å². The molecule has 108 valence electrons. The minimum atomic E-state index is -1.22. The van der Waals surface area contributed by atoms with Gasteiger partial charge in [-0.05, 0) is 23.8 Å². The van der Waals surface area contributed by atoms with Gasteiger partial charge in [0.1, 0.15) is 5.75 Å². The van der Waals surface area contributed by atoms with Crippen LogP contribution in [0.2, 0.25) is 5.02 Å². The van der Waals surface area contributed by atoms with Crippen LogP contribution < -0.4 is 4.74 Å². The summed E-state index contributed by atoms with van der Waals surface area (Å²) in [6.07, 6.45) is 4.44. The van der Waals surface area contributed by atoms with E-state index in [-0.39, 0.29) is 16.3 Å². The first-order valence-corrected chi connectivity index (χ1v) is 6.02. The first-order chi connectivity index (χ1) is 9.95. The van der Waals surface area contributed by atoms with Crippen LogP contribution in [0, 0.1) is 11.6 Å². The number of ether oxygens (including phenoxy) is 1. The average molecular weight is 312 g/mol. The van der Waals surface area contributed by atoms with Crippen molar-refractivity contribution >= 4 is 23.6 Å². The second-order valence-electron chi connectivity index (χ2n) is 3.93. The minimum Gasteiger partial charge on any atom is -0.478 e. The molecule has 0 atom stereocenters. The molecule has 0 aliphatic carbocycles. The molecule has 1 heterocycles. The summed E-state index contributed by atoms with van der Waals surface area (Å²) in [6, 6.07) is 3.26. The van der Waals surface area contributed by atoms with E-state index < -0.39 is 23.4 Å². The summed E-state index contributed by atoms with van der Waals surface area (Å²) in [5.41, 5.74) is 0.0592. The highest BCUT2D eigenvalue weighted by atomic mass is 35.5. The number of carbonyl (C=O) groups is 1. The lowest BCUT2D eigenvalue weighted by Crippen LogP contribution is -1.95. The van der Waals surface area contributed by atoms with Gasteiger partial charge in [-0.15, -0.1) is 0 Å². The Morgan fingerprint density at radius 1 is 1.24 bits per heavy atom. The predicted octanol–water partition coefficient (Wildman–Crippen LogP) is 3.90. The molecule has 2 aromatic rings. The van der Waals surface area contributed by atoms with E-state index >= 15 is 0 Å². The van der Waals surface area contributed by atoms with Gasteiger partial charge in [0.25, 0.3) is 0 Å². The zero-order chi connectivity index (χ0) is 15.4. The van der Waals surface area contributed by atoms with Crippen molar-refractivity contribution in [2.24, 2.45) is 0 Å². The van der Waals surface area contributed by atoms with Gasteiger partial charge in [-0.1, -0.05) is 11.6 Å². The van der Waals surface area contributed by atoms with Gasteiger partial charge < -0.3 is 9.84 Å². The van der Waals surface area contributed by atoms with Gasteiger partial charge >= 0.3 is 5.97 Å². The monoisotopic (exact) mass is 311 g/mol. The third-order valence-corrected chi connectivity index (χ3v) is 2.55. The third-order valence-electron chi connectivity index (χ3n) is 2.34. The van der Waals surface area contributed by atoms with Crippen LogP contribution in [0.4, 0.5) is 8.78 Å². The number of benzene rings is 1. The van der Waals surface area contributed by atoms with E-state index in [0.717, 1.165) is 24.3 Å². The quantitative estimate of drug-likeness (QED) is 0.870. The molecule has 0 saturated heterocycles. The Balaban J connectivity index is 2.31. The molecule has 2 rings (SSSR count). The van der Waals surface area contributed by atoms with Gasteiger partial charge in [-0.3, -0.25) is 4.98 Å². The number of aromatic nitrogens is 1. The summed E-state index contributed by atoms with van der Waals surface area (Å²) in [4.78, 5) is 14.1. The minimum absolute atomic E-state index is 0.0592. The predicted molar refractivity (Wildman–Crippen MR) is 72.3 cm³/mol. The van der Waals surface area contributed by atoms with Crippen LogP contribution in [0.15, 0.2) is 36.7 Å². The Hall–Kier alpha value is -2.47. The second kappa shape index (κ2) is 6.32. The molecular weight excluding hydrogens is 304 g/mol. The fraction of sp³-hybridized carbons (Fsp3) is 0. The molecule has 7 heteroatoms. The summed E-state index contributed by atoms with van der Waals surface area (Å²) in [6.45, 7) is 0. The van der Waals surface area contributed by atoms with Crippen molar-refractivity contribution in [3.63, 3.8) is 0 Å². The van der Waals surface area contributed by atoms with Crippen LogP contribution in [0.1, 0.15) is 5.56 Å².